The highest BCUT2D eigenvalue weighted by Crippen LogP contribution is 2.72. The molecule has 0 aromatic carbocycles. The third kappa shape index (κ3) is 2.77. The van der Waals surface area contributed by atoms with Crippen LogP contribution < -0.4 is 0 Å². The molecular formula is C25H36O4. The maximum absolute atomic E-state index is 12.7. The molecule has 0 heterocycles. The van der Waals surface area contributed by atoms with Crippen LogP contribution in [0.2, 0.25) is 0 Å². The molecule has 1 spiro atoms. The molecule has 7 atom stereocenters. The number of carbonyl (C=O) groups excluding carboxylic acids is 1. The van der Waals surface area contributed by atoms with Gasteiger partial charge in [0.25, 0.3) is 0 Å². The summed E-state index contributed by atoms with van der Waals surface area (Å²) in [6.45, 7) is 12.1. The van der Waals surface area contributed by atoms with Crippen LogP contribution in [0.3, 0.4) is 0 Å². The van der Waals surface area contributed by atoms with Gasteiger partial charge in [-0.05, 0) is 101 Å². The largest absolute Gasteiger partial charge is 0.481 e. The molecule has 0 aromatic heterocycles. The fourth-order valence-corrected chi connectivity index (χ4v) is 8.06. The minimum Gasteiger partial charge on any atom is -0.481 e. The Kier molecular flexibility index (Phi) is 4.79. The van der Waals surface area contributed by atoms with Crippen LogP contribution in [0.25, 0.3) is 0 Å². The molecule has 0 amide bonds. The number of esters is 1. The van der Waals surface area contributed by atoms with E-state index in [0.717, 1.165) is 25.7 Å². The maximum atomic E-state index is 12.7. The highest BCUT2D eigenvalue weighted by Gasteiger charge is 2.67. The van der Waals surface area contributed by atoms with Crippen molar-refractivity contribution in [2.45, 2.75) is 85.2 Å². The number of carboxylic acids is 1. The first-order valence-corrected chi connectivity index (χ1v) is 11.3. The van der Waals surface area contributed by atoms with Gasteiger partial charge in [0, 0.05) is 5.57 Å². The Balaban J connectivity index is 1.68. The lowest BCUT2D eigenvalue weighted by Gasteiger charge is -2.64. The Morgan fingerprint density at radius 2 is 1.86 bits per heavy atom. The molecule has 4 saturated carbocycles. The van der Waals surface area contributed by atoms with Crippen LogP contribution in [0, 0.1) is 34.0 Å². The first kappa shape index (κ1) is 20.7. The fourth-order valence-electron chi connectivity index (χ4n) is 8.06. The third-order valence-corrected chi connectivity index (χ3v) is 9.68. The number of hydrogen-bond donors (Lipinski definition) is 1. The Morgan fingerprint density at radius 1 is 1.14 bits per heavy atom. The number of aliphatic carboxylic acids is 1. The number of allylic oxidation sites excluding steroid dienone is 2. The molecule has 4 fully saturated rings. The SMILES string of the molecule is C=C1C[C@]23CC[C@@H]4[C@](C)(CC[C@@H](OC(=O)/C(C)=C/C)[C@]4(C)C(=O)O)[C@H]2CC[C@H]1C3. The lowest BCUT2D eigenvalue weighted by atomic mass is 9.40. The average Bonchev–Trinajstić information content (AvgIpc) is 2.91. The van der Waals surface area contributed by atoms with Crippen LogP contribution in [-0.2, 0) is 14.3 Å². The molecule has 2 bridgehead atoms. The number of hydrogen-bond acceptors (Lipinski definition) is 3. The lowest BCUT2D eigenvalue weighted by molar-refractivity contribution is -0.211. The second kappa shape index (κ2) is 6.72. The molecule has 4 aliphatic carbocycles. The molecule has 0 saturated heterocycles. The first-order valence-electron chi connectivity index (χ1n) is 11.3. The van der Waals surface area contributed by atoms with Gasteiger partial charge in [0.2, 0.25) is 0 Å². The van der Waals surface area contributed by atoms with E-state index >= 15 is 0 Å². The van der Waals surface area contributed by atoms with E-state index in [4.69, 9.17) is 4.74 Å². The van der Waals surface area contributed by atoms with E-state index in [0.29, 0.717) is 29.2 Å². The zero-order chi connectivity index (χ0) is 21.2. The number of fused-ring (bicyclic) bond motifs is 3. The smallest absolute Gasteiger partial charge is 0.333 e. The van der Waals surface area contributed by atoms with Crippen LogP contribution in [0.1, 0.15) is 79.1 Å². The topological polar surface area (TPSA) is 63.6 Å². The highest BCUT2D eigenvalue weighted by molar-refractivity contribution is 5.88. The summed E-state index contributed by atoms with van der Waals surface area (Å²) < 4.78 is 5.83. The van der Waals surface area contributed by atoms with Crippen molar-refractivity contribution in [1.29, 1.82) is 0 Å². The molecular weight excluding hydrogens is 364 g/mol. The van der Waals surface area contributed by atoms with E-state index in [1.807, 2.05) is 6.92 Å². The van der Waals surface area contributed by atoms with Crippen molar-refractivity contribution >= 4 is 11.9 Å². The number of carboxylic acid groups (broad SMARTS) is 1. The standard InChI is InChI=1S/C25H36O4/c1-6-15(2)21(26)29-20-10-11-23(4)18(24(20,5)22(27)28)9-12-25-13-16(3)17(14-25)7-8-19(23)25/h6,17-20H,3,7-14H2,1-2,4-5H3,(H,27,28)/b15-6+/t17-,18+,19+,20+,23-,24+,25-/m0/s1. The van der Waals surface area contributed by atoms with Crippen molar-refractivity contribution in [3.8, 4) is 0 Å². The van der Waals surface area contributed by atoms with Gasteiger partial charge in [-0.2, -0.15) is 0 Å². The molecule has 29 heavy (non-hydrogen) atoms. The molecule has 4 heteroatoms. The molecule has 0 unspecified atom stereocenters. The quantitative estimate of drug-likeness (QED) is 0.384. The van der Waals surface area contributed by atoms with Crippen molar-refractivity contribution in [2.75, 3.05) is 0 Å². The molecule has 160 valence electrons. The summed E-state index contributed by atoms with van der Waals surface area (Å²) in [4.78, 5) is 25.1. The van der Waals surface area contributed by atoms with Gasteiger partial charge in [-0.15, -0.1) is 0 Å². The third-order valence-electron chi connectivity index (χ3n) is 9.68. The van der Waals surface area contributed by atoms with E-state index in [1.54, 1.807) is 19.9 Å². The molecule has 1 N–H and O–H groups in total. The predicted molar refractivity (Wildman–Crippen MR) is 112 cm³/mol. The van der Waals surface area contributed by atoms with Gasteiger partial charge in [-0.25, -0.2) is 4.79 Å². The van der Waals surface area contributed by atoms with Crippen LogP contribution in [0.15, 0.2) is 23.8 Å². The number of rotatable bonds is 3. The van der Waals surface area contributed by atoms with Crippen molar-refractivity contribution < 1.29 is 19.4 Å². The fraction of sp³-hybridized carbons (Fsp3) is 0.760. The molecule has 4 rings (SSSR count). The summed E-state index contributed by atoms with van der Waals surface area (Å²) in [6.07, 6.45) is 9.51. The minimum absolute atomic E-state index is 0.0144. The van der Waals surface area contributed by atoms with E-state index in [9.17, 15) is 14.7 Å². The van der Waals surface area contributed by atoms with Crippen LogP contribution >= 0.6 is 0 Å². The highest BCUT2D eigenvalue weighted by atomic mass is 16.5. The van der Waals surface area contributed by atoms with Gasteiger partial charge in [-0.1, -0.05) is 25.2 Å². The molecule has 4 aliphatic rings. The summed E-state index contributed by atoms with van der Waals surface area (Å²) in [5, 5.41) is 10.4. The monoisotopic (exact) mass is 400 g/mol. The van der Waals surface area contributed by atoms with Crippen LogP contribution in [-0.4, -0.2) is 23.1 Å². The Morgan fingerprint density at radius 3 is 2.52 bits per heavy atom. The second-order valence-corrected chi connectivity index (χ2v) is 10.8. The Labute approximate surface area is 174 Å². The van der Waals surface area contributed by atoms with Gasteiger partial charge in [0.15, 0.2) is 0 Å². The van der Waals surface area contributed by atoms with Crippen molar-refractivity contribution in [3.05, 3.63) is 23.8 Å². The van der Waals surface area contributed by atoms with E-state index < -0.39 is 17.5 Å². The van der Waals surface area contributed by atoms with E-state index in [-0.39, 0.29) is 17.3 Å². The number of carbonyl (C=O) groups is 2. The van der Waals surface area contributed by atoms with E-state index in [2.05, 4.69) is 13.5 Å². The molecule has 0 radical (unpaired) electrons. The first-order chi connectivity index (χ1) is 13.6. The van der Waals surface area contributed by atoms with Crippen LogP contribution in [0.4, 0.5) is 0 Å². The van der Waals surface area contributed by atoms with Crippen molar-refractivity contribution in [2.24, 2.45) is 34.0 Å². The van der Waals surface area contributed by atoms with Crippen molar-refractivity contribution in [1.82, 2.24) is 0 Å². The zero-order valence-corrected chi connectivity index (χ0v) is 18.4. The summed E-state index contributed by atoms with van der Waals surface area (Å²) >= 11 is 0. The van der Waals surface area contributed by atoms with E-state index in [1.165, 1.54) is 24.8 Å². The summed E-state index contributed by atoms with van der Waals surface area (Å²) in [6, 6.07) is 0. The van der Waals surface area contributed by atoms with Gasteiger partial charge < -0.3 is 9.84 Å². The Hall–Kier alpha value is -1.58. The van der Waals surface area contributed by atoms with Gasteiger partial charge >= 0.3 is 11.9 Å². The van der Waals surface area contributed by atoms with Crippen molar-refractivity contribution in [3.63, 3.8) is 0 Å². The average molecular weight is 401 g/mol. The summed E-state index contributed by atoms with van der Waals surface area (Å²) in [5.74, 6) is 0.0690. The zero-order valence-electron chi connectivity index (χ0n) is 18.4. The van der Waals surface area contributed by atoms with Gasteiger partial charge in [0.1, 0.15) is 11.5 Å². The molecule has 0 aromatic rings. The predicted octanol–water partition coefficient (Wildman–Crippen LogP) is 5.53. The molecule has 4 nitrogen and oxygen atoms in total. The summed E-state index contributed by atoms with van der Waals surface area (Å²) in [7, 11) is 0. The van der Waals surface area contributed by atoms with Crippen LogP contribution in [0.5, 0.6) is 0 Å². The molecule has 0 aliphatic heterocycles. The second-order valence-electron chi connectivity index (χ2n) is 10.8. The normalized spacial score (nSPS) is 46.6. The Bertz CT molecular complexity index is 782. The van der Waals surface area contributed by atoms with Gasteiger partial charge in [-0.3, -0.25) is 4.79 Å². The lowest BCUT2D eigenvalue weighted by Crippen LogP contribution is -2.63. The number of ether oxygens (including phenoxy) is 1. The minimum atomic E-state index is -1.04. The maximum Gasteiger partial charge on any atom is 0.333 e. The summed E-state index contributed by atoms with van der Waals surface area (Å²) in [5.41, 5.74) is 1.25. The van der Waals surface area contributed by atoms with Gasteiger partial charge in [0.05, 0.1) is 0 Å².